The number of nitrogens with zero attached hydrogens (tertiary/aromatic N) is 1. The van der Waals surface area contributed by atoms with Crippen molar-refractivity contribution in [3.63, 3.8) is 0 Å². The minimum Gasteiger partial charge on any atom is -0.485 e. The molecule has 3 aromatic rings. The van der Waals surface area contributed by atoms with E-state index in [1.54, 1.807) is 30.5 Å². The van der Waals surface area contributed by atoms with Gasteiger partial charge in [0.15, 0.2) is 17.1 Å². The Morgan fingerprint density at radius 2 is 2.04 bits per heavy atom. The first kappa shape index (κ1) is 15.3. The number of amides is 1. The summed E-state index contributed by atoms with van der Waals surface area (Å²) in [6, 6.07) is 10.8. The number of rotatable bonds is 4. The lowest BCUT2D eigenvalue weighted by molar-refractivity contribution is -0.130. The number of fused-ring (bicyclic) bond motifs is 2. The molecule has 1 N–H and O–H groups in total. The Hall–Kier alpha value is -3.22. The minimum absolute atomic E-state index is 0.154. The van der Waals surface area contributed by atoms with Crippen LogP contribution in [0.15, 0.2) is 58.1 Å². The average molecular weight is 340 g/mol. The van der Waals surface area contributed by atoms with Crippen LogP contribution in [0, 0.1) is 0 Å². The zero-order valence-electron chi connectivity index (χ0n) is 13.3. The van der Waals surface area contributed by atoms with E-state index in [0.29, 0.717) is 30.2 Å². The van der Waals surface area contributed by atoms with Gasteiger partial charge in [-0.2, -0.15) is 0 Å². The Kier molecular flexibility index (Phi) is 3.89. The first-order valence-corrected chi connectivity index (χ1v) is 7.95. The third-order valence-electron chi connectivity index (χ3n) is 4.04. The minimum atomic E-state index is -0.709. The summed E-state index contributed by atoms with van der Waals surface area (Å²) in [5, 5.41) is 3.53. The predicted molar refractivity (Wildman–Crippen MR) is 89.8 cm³/mol. The molecule has 25 heavy (non-hydrogen) atoms. The maximum Gasteiger partial charge on any atom is 0.294 e. The second-order valence-corrected chi connectivity index (χ2v) is 5.67. The van der Waals surface area contributed by atoms with Gasteiger partial charge in [-0.15, -0.1) is 0 Å². The fourth-order valence-corrected chi connectivity index (χ4v) is 2.73. The van der Waals surface area contributed by atoms with Crippen LogP contribution in [-0.2, 0) is 11.3 Å². The van der Waals surface area contributed by atoms with Crippen LogP contribution in [0.25, 0.3) is 11.0 Å². The van der Waals surface area contributed by atoms with Crippen molar-refractivity contribution in [1.82, 2.24) is 9.88 Å². The third kappa shape index (κ3) is 2.96. The zero-order valence-corrected chi connectivity index (χ0v) is 13.3. The van der Waals surface area contributed by atoms with Gasteiger partial charge in [-0.05, 0) is 24.3 Å². The van der Waals surface area contributed by atoms with E-state index in [0.717, 1.165) is 5.39 Å². The first-order chi connectivity index (χ1) is 12.2. The number of hydrogen-bond donors (Lipinski definition) is 1. The molecular weight excluding hydrogens is 324 g/mol. The quantitative estimate of drug-likeness (QED) is 0.779. The molecule has 128 valence electrons. The Balaban J connectivity index is 1.36. The molecule has 2 aromatic heterocycles. The molecule has 0 radical (unpaired) electrons. The molecule has 1 unspecified atom stereocenters. The van der Waals surface area contributed by atoms with Crippen LogP contribution in [-0.4, -0.2) is 29.7 Å². The van der Waals surface area contributed by atoms with Crippen LogP contribution in [0.5, 0.6) is 11.5 Å². The number of para-hydroxylation sites is 2. The molecular formula is C18H16N2O5. The molecule has 0 fully saturated rings. The lowest BCUT2D eigenvalue weighted by Crippen LogP contribution is -2.45. The van der Waals surface area contributed by atoms with Gasteiger partial charge >= 0.3 is 0 Å². The summed E-state index contributed by atoms with van der Waals surface area (Å²) in [4.78, 5) is 24.4. The van der Waals surface area contributed by atoms with E-state index in [-0.39, 0.29) is 18.1 Å². The molecule has 7 heteroatoms. The summed E-state index contributed by atoms with van der Waals surface area (Å²) < 4.78 is 17.9. The molecule has 1 amide bonds. The van der Waals surface area contributed by atoms with Crippen LogP contribution in [0.4, 0.5) is 0 Å². The second kappa shape index (κ2) is 6.35. The third-order valence-corrected chi connectivity index (χ3v) is 4.04. The van der Waals surface area contributed by atoms with E-state index in [1.165, 1.54) is 10.8 Å². The number of nitrogens with one attached hydrogen (secondary N) is 1. The van der Waals surface area contributed by atoms with Crippen molar-refractivity contribution in [3.05, 3.63) is 59.2 Å². The van der Waals surface area contributed by atoms with Gasteiger partial charge in [-0.1, -0.05) is 12.1 Å². The molecule has 0 saturated carbocycles. The largest absolute Gasteiger partial charge is 0.485 e. The highest BCUT2D eigenvalue weighted by Crippen LogP contribution is 2.30. The average Bonchev–Trinajstić information content (AvgIpc) is 3.12. The van der Waals surface area contributed by atoms with Crippen LogP contribution < -0.4 is 20.3 Å². The molecule has 7 nitrogen and oxygen atoms in total. The summed E-state index contributed by atoms with van der Waals surface area (Å²) >= 11 is 0. The van der Waals surface area contributed by atoms with Crippen molar-refractivity contribution in [2.75, 3.05) is 13.2 Å². The van der Waals surface area contributed by atoms with Gasteiger partial charge in [0.1, 0.15) is 6.61 Å². The number of pyridine rings is 1. The van der Waals surface area contributed by atoms with Crippen molar-refractivity contribution >= 4 is 16.9 Å². The molecule has 1 atom stereocenters. The van der Waals surface area contributed by atoms with E-state index >= 15 is 0 Å². The summed E-state index contributed by atoms with van der Waals surface area (Å²) in [5.74, 6) is 0.903. The number of furan rings is 1. The molecule has 3 heterocycles. The van der Waals surface area contributed by atoms with Crippen LogP contribution >= 0.6 is 0 Å². The van der Waals surface area contributed by atoms with Crippen molar-refractivity contribution in [2.45, 2.75) is 12.6 Å². The van der Waals surface area contributed by atoms with E-state index in [1.807, 2.05) is 12.1 Å². The summed E-state index contributed by atoms with van der Waals surface area (Å²) in [6.07, 6.45) is 2.46. The van der Waals surface area contributed by atoms with Gasteiger partial charge in [0.2, 0.25) is 6.10 Å². The molecule has 0 aliphatic carbocycles. The molecule has 0 bridgehead atoms. The van der Waals surface area contributed by atoms with Gasteiger partial charge < -0.3 is 23.8 Å². The van der Waals surface area contributed by atoms with Crippen molar-refractivity contribution in [1.29, 1.82) is 0 Å². The van der Waals surface area contributed by atoms with Crippen molar-refractivity contribution < 1.29 is 18.7 Å². The van der Waals surface area contributed by atoms with E-state index < -0.39 is 6.10 Å². The van der Waals surface area contributed by atoms with Crippen LogP contribution in [0.3, 0.4) is 0 Å². The molecule has 4 rings (SSSR count). The number of carbonyl (C=O) groups excluding carboxylic acids is 1. The fourth-order valence-electron chi connectivity index (χ4n) is 2.73. The highest BCUT2D eigenvalue weighted by Gasteiger charge is 2.26. The van der Waals surface area contributed by atoms with Gasteiger partial charge in [-0.3, -0.25) is 9.59 Å². The Bertz CT molecular complexity index is 975. The zero-order chi connectivity index (χ0) is 17.2. The number of carbonyl (C=O) groups is 1. The molecule has 1 aliphatic rings. The monoisotopic (exact) mass is 340 g/mol. The van der Waals surface area contributed by atoms with E-state index in [4.69, 9.17) is 13.9 Å². The number of aromatic nitrogens is 1. The lowest BCUT2D eigenvalue weighted by atomic mass is 10.2. The van der Waals surface area contributed by atoms with E-state index in [2.05, 4.69) is 5.32 Å². The predicted octanol–water partition coefficient (Wildman–Crippen LogP) is 1.55. The van der Waals surface area contributed by atoms with Crippen molar-refractivity contribution in [2.24, 2.45) is 0 Å². The molecule has 1 aromatic carbocycles. The Morgan fingerprint density at radius 3 is 2.92 bits per heavy atom. The highest BCUT2D eigenvalue weighted by molar-refractivity contribution is 5.81. The molecule has 0 spiro atoms. The standard InChI is InChI=1S/C18H16N2O5/c21-17(15-11-24-13-3-1-2-4-14(13)25-15)19-7-9-20-8-5-12-6-10-23-16(12)18(20)22/h1-6,8,10,15H,7,9,11H2,(H,19,21). The number of benzene rings is 1. The van der Waals surface area contributed by atoms with E-state index in [9.17, 15) is 9.59 Å². The van der Waals surface area contributed by atoms with Gasteiger partial charge in [0.25, 0.3) is 11.5 Å². The summed E-state index contributed by atoms with van der Waals surface area (Å²) in [7, 11) is 0. The topological polar surface area (TPSA) is 82.7 Å². The van der Waals surface area contributed by atoms with Gasteiger partial charge in [-0.25, -0.2) is 0 Å². The van der Waals surface area contributed by atoms with Gasteiger partial charge in [0, 0.05) is 24.7 Å². The Morgan fingerprint density at radius 1 is 1.20 bits per heavy atom. The number of ether oxygens (including phenoxy) is 2. The lowest BCUT2D eigenvalue weighted by Gasteiger charge is -2.25. The second-order valence-electron chi connectivity index (χ2n) is 5.67. The molecule has 0 saturated heterocycles. The maximum atomic E-state index is 12.2. The van der Waals surface area contributed by atoms with Crippen LogP contribution in [0.2, 0.25) is 0 Å². The normalized spacial score (nSPS) is 15.9. The summed E-state index contributed by atoms with van der Waals surface area (Å²) in [5.41, 5.74) is 0.0948. The van der Waals surface area contributed by atoms with Crippen LogP contribution in [0.1, 0.15) is 0 Å². The Labute approximate surface area is 142 Å². The van der Waals surface area contributed by atoms with Gasteiger partial charge in [0.05, 0.1) is 6.26 Å². The van der Waals surface area contributed by atoms with Crippen molar-refractivity contribution in [3.8, 4) is 11.5 Å². The fraction of sp³-hybridized carbons (Fsp3) is 0.222. The highest BCUT2D eigenvalue weighted by atomic mass is 16.6. The maximum absolute atomic E-state index is 12.2. The first-order valence-electron chi connectivity index (χ1n) is 7.95. The number of hydrogen-bond acceptors (Lipinski definition) is 5. The molecule has 1 aliphatic heterocycles. The smallest absolute Gasteiger partial charge is 0.294 e. The summed E-state index contributed by atoms with van der Waals surface area (Å²) in [6.45, 7) is 0.791. The SMILES string of the molecule is O=C(NCCn1ccc2ccoc2c1=O)C1COc2ccccc2O1.